The highest BCUT2D eigenvalue weighted by Crippen LogP contribution is 2.26. The zero-order valence-corrected chi connectivity index (χ0v) is 10.2. The van der Waals surface area contributed by atoms with E-state index in [9.17, 15) is 18.3 Å². The number of rotatable bonds is 4. The Kier molecular flexibility index (Phi) is 4.04. The van der Waals surface area contributed by atoms with Gasteiger partial charge in [-0.3, -0.25) is 0 Å². The number of halogens is 3. The Morgan fingerprint density at radius 3 is 2.39 bits per heavy atom. The van der Waals surface area contributed by atoms with Crippen molar-refractivity contribution in [3.8, 4) is 0 Å². The minimum Gasteiger partial charge on any atom is -0.388 e. The fourth-order valence-electron chi connectivity index (χ4n) is 1.75. The molecular formula is C13H11F3OS. The molecule has 0 saturated heterocycles. The normalized spacial score (nSPS) is 12.7. The molecule has 1 atom stereocenters. The zero-order chi connectivity index (χ0) is 13.1. The van der Waals surface area contributed by atoms with Crippen molar-refractivity contribution in [2.45, 2.75) is 18.9 Å². The summed E-state index contributed by atoms with van der Waals surface area (Å²) in [5.41, 5.74) is -0.465. The molecule has 0 aliphatic carbocycles. The summed E-state index contributed by atoms with van der Waals surface area (Å²) >= 11 is 1.51. The third-order valence-electron chi connectivity index (χ3n) is 2.62. The first-order valence-electron chi connectivity index (χ1n) is 5.43. The molecule has 0 amide bonds. The Balaban J connectivity index is 2.11. The van der Waals surface area contributed by atoms with Gasteiger partial charge >= 0.3 is 0 Å². The highest BCUT2D eigenvalue weighted by atomic mass is 32.1. The average Bonchev–Trinajstić information content (AvgIpc) is 2.77. The van der Waals surface area contributed by atoms with Gasteiger partial charge in [0.15, 0.2) is 0 Å². The molecule has 1 heterocycles. The second kappa shape index (κ2) is 5.54. The van der Waals surface area contributed by atoms with Crippen molar-refractivity contribution >= 4 is 11.3 Å². The SMILES string of the molecule is OC(CCc1cccs1)c1c(F)cc(F)cc1F. The molecule has 2 rings (SSSR count). The van der Waals surface area contributed by atoms with Crippen LogP contribution in [0.5, 0.6) is 0 Å². The second-order valence-electron chi connectivity index (χ2n) is 3.92. The molecule has 0 saturated carbocycles. The lowest BCUT2D eigenvalue weighted by Gasteiger charge is -2.12. The summed E-state index contributed by atoms with van der Waals surface area (Å²) in [7, 11) is 0. The van der Waals surface area contributed by atoms with Crippen molar-refractivity contribution in [2.24, 2.45) is 0 Å². The van der Waals surface area contributed by atoms with Crippen LogP contribution in [-0.4, -0.2) is 5.11 Å². The lowest BCUT2D eigenvalue weighted by Crippen LogP contribution is -2.06. The van der Waals surface area contributed by atoms with Gasteiger partial charge in [-0.1, -0.05) is 6.07 Å². The summed E-state index contributed by atoms with van der Waals surface area (Å²) in [4.78, 5) is 1.02. The van der Waals surface area contributed by atoms with Gasteiger partial charge in [-0.2, -0.15) is 0 Å². The highest BCUT2D eigenvalue weighted by molar-refractivity contribution is 7.09. The fourth-order valence-corrected chi connectivity index (χ4v) is 2.47. The molecule has 1 N–H and O–H groups in total. The number of aliphatic hydroxyl groups is 1. The summed E-state index contributed by atoms with van der Waals surface area (Å²) in [6.45, 7) is 0. The topological polar surface area (TPSA) is 20.2 Å². The Bertz CT molecular complexity index is 502. The predicted molar refractivity (Wildman–Crippen MR) is 63.9 cm³/mol. The number of thiophene rings is 1. The molecule has 1 unspecified atom stereocenters. The number of aryl methyl sites for hydroxylation is 1. The summed E-state index contributed by atoms with van der Waals surface area (Å²) in [6.07, 6.45) is -0.553. The van der Waals surface area contributed by atoms with Crippen LogP contribution in [0.15, 0.2) is 29.6 Å². The minimum absolute atomic E-state index is 0.194. The van der Waals surface area contributed by atoms with Crippen LogP contribution in [0, 0.1) is 17.5 Å². The quantitative estimate of drug-likeness (QED) is 0.896. The van der Waals surface area contributed by atoms with E-state index < -0.39 is 29.1 Å². The molecule has 0 spiro atoms. The van der Waals surface area contributed by atoms with Gasteiger partial charge in [0.1, 0.15) is 17.5 Å². The zero-order valence-electron chi connectivity index (χ0n) is 9.37. The largest absolute Gasteiger partial charge is 0.388 e. The maximum absolute atomic E-state index is 13.4. The van der Waals surface area contributed by atoms with Crippen molar-refractivity contribution in [1.29, 1.82) is 0 Å². The van der Waals surface area contributed by atoms with E-state index in [-0.39, 0.29) is 6.42 Å². The van der Waals surface area contributed by atoms with Crippen molar-refractivity contribution in [3.63, 3.8) is 0 Å². The summed E-state index contributed by atoms with van der Waals surface area (Å²) < 4.78 is 39.5. The van der Waals surface area contributed by atoms with E-state index in [4.69, 9.17) is 0 Å². The monoisotopic (exact) mass is 272 g/mol. The number of hydrogen-bond donors (Lipinski definition) is 1. The standard InChI is InChI=1S/C13H11F3OS/c14-8-6-10(15)13(11(16)7-8)12(17)4-3-9-2-1-5-18-9/h1-2,5-7,12,17H,3-4H2. The third-order valence-corrected chi connectivity index (χ3v) is 3.56. The number of hydrogen-bond acceptors (Lipinski definition) is 2. The maximum Gasteiger partial charge on any atom is 0.134 e. The van der Waals surface area contributed by atoms with Gasteiger partial charge in [0.2, 0.25) is 0 Å². The Labute approximate surface area is 107 Å². The van der Waals surface area contributed by atoms with Crippen LogP contribution in [0.4, 0.5) is 13.2 Å². The summed E-state index contributed by atoms with van der Waals surface area (Å²) in [5, 5.41) is 11.7. The van der Waals surface area contributed by atoms with Crippen LogP contribution in [0.3, 0.4) is 0 Å². The molecule has 0 aliphatic heterocycles. The lowest BCUT2D eigenvalue weighted by atomic mass is 10.0. The Morgan fingerprint density at radius 2 is 1.83 bits per heavy atom. The molecule has 1 aromatic heterocycles. The Hall–Kier alpha value is -1.33. The first-order valence-corrected chi connectivity index (χ1v) is 6.31. The molecule has 0 bridgehead atoms. The number of benzene rings is 1. The van der Waals surface area contributed by atoms with Gasteiger partial charge in [-0.15, -0.1) is 11.3 Å². The van der Waals surface area contributed by atoms with E-state index in [1.165, 1.54) is 11.3 Å². The third kappa shape index (κ3) is 2.91. The van der Waals surface area contributed by atoms with Gasteiger partial charge in [0, 0.05) is 17.0 Å². The van der Waals surface area contributed by atoms with Crippen LogP contribution < -0.4 is 0 Å². The van der Waals surface area contributed by atoms with E-state index in [0.717, 1.165) is 4.88 Å². The van der Waals surface area contributed by atoms with Crippen LogP contribution in [0.2, 0.25) is 0 Å². The molecule has 5 heteroatoms. The van der Waals surface area contributed by atoms with E-state index >= 15 is 0 Å². The molecule has 0 fully saturated rings. The first kappa shape index (κ1) is 13.1. The average molecular weight is 272 g/mol. The lowest BCUT2D eigenvalue weighted by molar-refractivity contribution is 0.158. The van der Waals surface area contributed by atoms with Crippen molar-refractivity contribution in [1.82, 2.24) is 0 Å². The molecule has 96 valence electrons. The molecule has 1 nitrogen and oxygen atoms in total. The van der Waals surface area contributed by atoms with Crippen molar-refractivity contribution < 1.29 is 18.3 Å². The van der Waals surface area contributed by atoms with Crippen LogP contribution >= 0.6 is 11.3 Å². The number of aliphatic hydroxyl groups excluding tert-OH is 1. The molecule has 0 aliphatic rings. The van der Waals surface area contributed by atoms with Crippen LogP contribution in [-0.2, 0) is 6.42 Å². The molecular weight excluding hydrogens is 261 g/mol. The molecule has 0 radical (unpaired) electrons. The molecule has 2 aromatic rings. The van der Waals surface area contributed by atoms with Gasteiger partial charge in [-0.25, -0.2) is 13.2 Å². The Morgan fingerprint density at radius 1 is 1.17 bits per heavy atom. The van der Waals surface area contributed by atoms with E-state index in [1.807, 2.05) is 17.5 Å². The smallest absolute Gasteiger partial charge is 0.134 e. The molecule has 1 aromatic carbocycles. The fraction of sp³-hybridized carbons (Fsp3) is 0.231. The maximum atomic E-state index is 13.4. The summed E-state index contributed by atoms with van der Waals surface area (Å²) in [6, 6.07) is 4.90. The van der Waals surface area contributed by atoms with Gasteiger partial charge in [0.05, 0.1) is 11.7 Å². The van der Waals surface area contributed by atoms with Crippen molar-refractivity contribution in [2.75, 3.05) is 0 Å². The second-order valence-corrected chi connectivity index (χ2v) is 4.95. The van der Waals surface area contributed by atoms with Gasteiger partial charge in [0.25, 0.3) is 0 Å². The minimum atomic E-state index is -1.27. The highest BCUT2D eigenvalue weighted by Gasteiger charge is 2.19. The van der Waals surface area contributed by atoms with E-state index in [1.54, 1.807) is 0 Å². The van der Waals surface area contributed by atoms with E-state index in [2.05, 4.69) is 0 Å². The van der Waals surface area contributed by atoms with Gasteiger partial charge < -0.3 is 5.11 Å². The van der Waals surface area contributed by atoms with Crippen LogP contribution in [0.25, 0.3) is 0 Å². The summed E-state index contributed by atoms with van der Waals surface area (Å²) in [5.74, 6) is -3.09. The first-order chi connectivity index (χ1) is 8.58. The van der Waals surface area contributed by atoms with Gasteiger partial charge in [-0.05, 0) is 24.3 Å². The predicted octanol–water partition coefficient (Wildman–Crippen LogP) is 3.83. The van der Waals surface area contributed by atoms with Crippen molar-refractivity contribution in [3.05, 3.63) is 57.5 Å². The van der Waals surface area contributed by atoms with Crippen LogP contribution in [0.1, 0.15) is 23.0 Å². The van der Waals surface area contributed by atoms with E-state index in [0.29, 0.717) is 18.6 Å². The molecule has 18 heavy (non-hydrogen) atoms.